The van der Waals surface area contributed by atoms with Crippen LogP contribution >= 0.6 is 0 Å². The molecular weight excluding hydrogens is 282 g/mol. The summed E-state index contributed by atoms with van der Waals surface area (Å²) in [5.74, 6) is -1.14. The standard InChI is InChI=1S/C16H17N3O3/c1-11(16(21)22)19-9-7-14(17-19)15(20)18-8-6-12-4-2-3-5-13(12)10-18/h2-5,7,9,11H,6,8,10H2,1H3,(H,21,22). The third kappa shape index (κ3) is 2.59. The summed E-state index contributed by atoms with van der Waals surface area (Å²) in [5, 5.41) is 13.1. The monoisotopic (exact) mass is 299 g/mol. The maximum Gasteiger partial charge on any atom is 0.328 e. The highest BCUT2D eigenvalue weighted by molar-refractivity contribution is 5.92. The molecule has 1 atom stereocenters. The van der Waals surface area contributed by atoms with E-state index in [1.165, 1.54) is 23.4 Å². The molecule has 1 unspecified atom stereocenters. The Balaban J connectivity index is 1.77. The highest BCUT2D eigenvalue weighted by Crippen LogP contribution is 2.20. The number of hydrogen-bond donors (Lipinski definition) is 1. The molecule has 6 nitrogen and oxygen atoms in total. The van der Waals surface area contributed by atoms with Crippen LogP contribution in [0.3, 0.4) is 0 Å². The van der Waals surface area contributed by atoms with Crippen molar-refractivity contribution >= 4 is 11.9 Å². The Labute approximate surface area is 128 Å². The van der Waals surface area contributed by atoms with Gasteiger partial charge in [0, 0.05) is 19.3 Å². The summed E-state index contributed by atoms with van der Waals surface area (Å²) in [6, 6.07) is 8.87. The predicted octanol–water partition coefficient (Wildman–Crippen LogP) is 1.73. The van der Waals surface area contributed by atoms with Gasteiger partial charge in [0.15, 0.2) is 0 Å². The number of carboxylic acid groups (broad SMARTS) is 1. The van der Waals surface area contributed by atoms with E-state index in [0.717, 1.165) is 12.0 Å². The summed E-state index contributed by atoms with van der Waals surface area (Å²) >= 11 is 0. The lowest BCUT2D eigenvalue weighted by Crippen LogP contribution is -2.36. The molecule has 1 N–H and O–H groups in total. The second-order valence-electron chi connectivity index (χ2n) is 5.44. The molecule has 2 aromatic rings. The number of amides is 1. The third-order valence-electron chi connectivity index (χ3n) is 4.00. The maximum atomic E-state index is 12.5. The molecule has 0 aliphatic carbocycles. The molecule has 6 heteroatoms. The average Bonchev–Trinajstić information content (AvgIpc) is 3.02. The van der Waals surface area contributed by atoms with Gasteiger partial charge in [0.25, 0.3) is 5.91 Å². The molecule has 0 spiro atoms. The molecule has 0 radical (unpaired) electrons. The summed E-state index contributed by atoms with van der Waals surface area (Å²) in [7, 11) is 0. The van der Waals surface area contributed by atoms with Crippen molar-refractivity contribution in [3.8, 4) is 0 Å². The zero-order valence-electron chi connectivity index (χ0n) is 12.3. The minimum absolute atomic E-state index is 0.161. The van der Waals surface area contributed by atoms with Crippen molar-refractivity contribution in [3.05, 3.63) is 53.3 Å². The third-order valence-corrected chi connectivity index (χ3v) is 4.00. The van der Waals surface area contributed by atoms with E-state index in [4.69, 9.17) is 5.11 Å². The van der Waals surface area contributed by atoms with Gasteiger partial charge in [0.05, 0.1) is 0 Å². The van der Waals surface area contributed by atoms with Crippen molar-refractivity contribution in [2.24, 2.45) is 0 Å². The Morgan fingerprint density at radius 2 is 1.95 bits per heavy atom. The molecule has 0 bridgehead atoms. The number of benzene rings is 1. The average molecular weight is 299 g/mol. The van der Waals surface area contributed by atoms with Gasteiger partial charge in [-0.05, 0) is 30.5 Å². The predicted molar refractivity (Wildman–Crippen MR) is 79.5 cm³/mol. The summed E-state index contributed by atoms with van der Waals surface area (Å²) in [6.45, 7) is 2.74. The number of carbonyl (C=O) groups excluding carboxylic acids is 1. The molecule has 1 amide bonds. The van der Waals surface area contributed by atoms with Crippen molar-refractivity contribution in [1.29, 1.82) is 0 Å². The second-order valence-corrected chi connectivity index (χ2v) is 5.44. The number of hydrogen-bond acceptors (Lipinski definition) is 3. The molecule has 0 saturated carbocycles. The van der Waals surface area contributed by atoms with Crippen LogP contribution in [0, 0.1) is 0 Å². The highest BCUT2D eigenvalue weighted by atomic mass is 16.4. The van der Waals surface area contributed by atoms with E-state index in [-0.39, 0.29) is 11.6 Å². The van der Waals surface area contributed by atoms with Crippen molar-refractivity contribution in [1.82, 2.24) is 14.7 Å². The molecule has 114 valence electrons. The van der Waals surface area contributed by atoms with E-state index in [2.05, 4.69) is 11.2 Å². The highest BCUT2D eigenvalue weighted by Gasteiger charge is 2.24. The Kier molecular flexibility index (Phi) is 3.66. The first-order chi connectivity index (χ1) is 10.6. The first-order valence-electron chi connectivity index (χ1n) is 7.20. The van der Waals surface area contributed by atoms with Gasteiger partial charge >= 0.3 is 5.97 Å². The van der Waals surface area contributed by atoms with Crippen LogP contribution in [-0.2, 0) is 17.8 Å². The number of nitrogens with zero attached hydrogens (tertiary/aromatic N) is 3. The maximum absolute atomic E-state index is 12.5. The SMILES string of the molecule is CC(C(=O)O)n1ccc(C(=O)N2CCc3ccccc3C2)n1. The van der Waals surface area contributed by atoms with Crippen LogP contribution in [0.5, 0.6) is 0 Å². The topological polar surface area (TPSA) is 75.4 Å². The molecule has 1 aliphatic heterocycles. The quantitative estimate of drug-likeness (QED) is 0.936. The summed E-state index contributed by atoms with van der Waals surface area (Å²) in [4.78, 5) is 25.2. The first kappa shape index (κ1) is 14.3. The normalized spacial score (nSPS) is 15.2. The molecule has 1 aliphatic rings. The number of carbonyl (C=O) groups is 2. The number of rotatable bonds is 3. The lowest BCUT2D eigenvalue weighted by atomic mass is 10.00. The van der Waals surface area contributed by atoms with Crippen LogP contribution in [0.15, 0.2) is 36.5 Å². The molecule has 2 heterocycles. The summed E-state index contributed by atoms with van der Waals surface area (Å²) in [6.07, 6.45) is 2.36. The number of aliphatic carboxylic acids is 1. The van der Waals surface area contributed by atoms with E-state index in [1.807, 2.05) is 18.2 Å². The minimum atomic E-state index is -0.978. The van der Waals surface area contributed by atoms with Crippen LogP contribution < -0.4 is 0 Å². The summed E-state index contributed by atoms with van der Waals surface area (Å²) < 4.78 is 1.30. The van der Waals surface area contributed by atoms with E-state index in [9.17, 15) is 9.59 Å². The smallest absolute Gasteiger partial charge is 0.328 e. The zero-order valence-corrected chi connectivity index (χ0v) is 12.3. The van der Waals surface area contributed by atoms with Gasteiger partial charge in [-0.2, -0.15) is 5.10 Å². The largest absolute Gasteiger partial charge is 0.480 e. The second kappa shape index (κ2) is 5.63. The van der Waals surface area contributed by atoms with Crippen LogP contribution in [0.2, 0.25) is 0 Å². The molecule has 0 fully saturated rings. The Morgan fingerprint density at radius 3 is 2.68 bits per heavy atom. The molecule has 1 aromatic heterocycles. The van der Waals surface area contributed by atoms with Gasteiger partial charge < -0.3 is 10.0 Å². The first-order valence-corrected chi connectivity index (χ1v) is 7.20. The van der Waals surface area contributed by atoms with Crippen LogP contribution in [0.4, 0.5) is 0 Å². The fraction of sp³-hybridized carbons (Fsp3) is 0.312. The fourth-order valence-electron chi connectivity index (χ4n) is 2.61. The fourth-order valence-corrected chi connectivity index (χ4v) is 2.61. The van der Waals surface area contributed by atoms with Gasteiger partial charge in [-0.3, -0.25) is 9.48 Å². The van der Waals surface area contributed by atoms with E-state index >= 15 is 0 Å². The van der Waals surface area contributed by atoms with E-state index < -0.39 is 12.0 Å². The van der Waals surface area contributed by atoms with Crippen LogP contribution in [0.25, 0.3) is 0 Å². The van der Waals surface area contributed by atoms with E-state index in [1.54, 1.807) is 11.0 Å². The lowest BCUT2D eigenvalue weighted by Gasteiger charge is -2.28. The van der Waals surface area contributed by atoms with Gasteiger partial charge in [-0.15, -0.1) is 0 Å². The Hall–Kier alpha value is -2.63. The molecule has 3 rings (SSSR count). The van der Waals surface area contributed by atoms with E-state index in [0.29, 0.717) is 13.1 Å². The van der Waals surface area contributed by atoms with Gasteiger partial charge in [0.2, 0.25) is 0 Å². The Bertz CT molecular complexity index is 723. The van der Waals surface area contributed by atoms with Gasteiger partial charge in [0.1, 0.15) is 11.7 Å². The molecule has 0 saturated heterocycles. The van der Waals surface area contributed by atoms with Crippen molar-refractivity contribution in [2.45, 2.75) is 25.9 Å². The molecule has 22 heavy (non-hydrogen) atoms. The van der Waals surface area contributed by atoms with Gasteiger partial charge in [-0.25, -0.2) is 4.79 Å². The summed E-state index contributed by atoms with van der Waals surface area (Å²) in [5.41, 5.74) is 2.71. The number of fused-ring (bicyclic) bond motifs is 1. The van der Waals surface area contributed by atoms with Crippen LogP contribution in [-0.4, -0.2) is 38.2 Å². The number of aromatic nitrogens is 2. The van der Waals surface area contributed by atoms with Gasteiger partial charge in [-0.1, -0.05) is 24.3 Å². The Morgan fingerprint density at radius 1 is 1.23 bits per heavy atom. The van der Waals surface area contributed by atoms with Crippen molar-refractivity contribution < 1.29 is 14.7 Å². The molecule has 1 aromatic carbocycles. The van der Waals surface area contributed by atoms with Crippen LogP contribution in [0.1, 0.15) is 34.6 Å². The van der Waals surface area contributed by atoms with Crippen molar-refractivity contribution in [3.63, 3.8) is 0 Å². The number of carboxylic acids is 1. The molecular formula is C16H17N3O3. The zero-order chi connectivity index (χ0) is 15.7. The minimum Gasteiger partial charge on any atom is -0.480 e. The lowest BCUT2D eigenvalue weighted by molar-refractivity contribution is -0.140. The van der Waals surface area contributed by atoms with Crippen molar-refractivity contribution in [2.75, 3.05) is 6.54 Å².